The van der Waals surface area contributed by atoms with E-state index in [0.29, 0.717) is 11.9 Å². The molecule has 0 radical (unpaired) electrons. The maximum Gasteiger partial charge on any atom is 0.147 e. The Bertz CT molecular complexity index is 239. The Kier molecular flexibility index (Phi) is 2.03. The van der Waals surface area contributed by atoms with Gasteiger partial charge in [0.1, 0.15) is 11.6 Å². The number of nitrogens with zero attached hydrogens (tertiary/aromatic N) is 2. The van der Waals surface area contributed by atoms with Crippen LogP contribution < -0.4 is 11.1 Å². The van der Waals surface area contributed by atoms with Gasteiger partial charge in [-0.2, -0.15) is 5.10 Å². The second kappa shape index (κ2) is 2.82. The van der Waals surface area contributed by atoms with Gasteiger partial charge in [0, 0.05) is 19.2 Å². The molecule has 62 valence electrons. The van der Waals surface area contributed by atoms with Crippen molar-refractivity contribution in [2.75, 3.05) is 18.1 Å². The number of aromatic nitrogens is 2. The second-order valence-corrected chi connectivity index (χ2v) is 2.74. The summed E-state index contributed by atoms with van der Waals surface area (Å²) in [6.45, 7) is 4.13. The number of nitrogens with two attached hydrogens (primary N) is 1. The van der Waals surface area contributed by atoms with Crippen LogP contribution in [0.2, 0.25) is 0 Å². The fourth-order valence-electron chi connectivity index (χ4n) is 0.994. The van der Waals surface area contributed by atoms with Crippen molar-refractivity contribution < 1.29 is 0 Å². The standard InChI is InChI=1S/C7H14N4/c1-5(2)11-7(9-3)4-6(8)10-11/h4-5,9H,1-3H3,(H2,8,10). The molecule has 4 nitrogen and oxygen atoms in total. The average Bonchev–Trinajstić information content (AvgIpc) is 2.30. The number of hydrogen-bond donors (Lipinski definition) is 2. The lowest BCUT2D eigenvalue weighted by Crippen LogP contribution is -2.07. The molecule has 1 rings (SSSR count). The van der Waals surface area contributed by atoms with Gasteiger partial charge in [-0.3, -0.25) is 0 Å². The van der Waals surface area contributed by atoms with E-state index in [1.54, 1.807) is 0 Å². The van der Waals surface area contributed by atoms with Crippen molar-refractivity contribution in [1.82, 2.24) is 9.78 Å². The molecule has 0 aliphatic rings. The van der Waals surface area contributed by atoms with Gasteiger partial charge in [-0.1, -0.05) is 0 Å². The topological polar surface area (TPSA) is 55.9 Å². The first-order valence-electron chi connectivity index (χ1n) is 3.68. The molecule has 0 spiro atoms. The van der Waals surface area contributed by atoms with Crippen molar-refractivity contribution in [2.24, 2.45) is 0 Å². The van der Waals surface area contributed by atoms with Gasteiger partial charge in [-0.05, 0) is 13.8 Å². The minimum Gasteiger partial charge on any atom is -0.382 e. The van der Waals surface area contributed by atoms with E-state index in [2.05, 4.69) is 24.3 Å². The number of nitrogen functional groups attached to an aromatic ring is 1. The molecule has 1 heterocycles. The first-order valence-corrected chi connectivity index (χ1v) is 3.68. The lowest BCUT2D eigenvalue weighted by Gasteiger charge is -2.08. The molecule has 0 saturated carbocycles. The van der Waals surface area contributed by atoms with E-state index in [4.69, 9.17) is 5.73 Å². The predicted molar refractivity (Wildman–Crippen MR) is 46.6 cm³/mol. The van der Waals surface area contributed by atoms with E-state index < -0.39 is 0 Å². The molecule has 3 N–H and O–H groups in total. The van der Waals surface area contributed by atoms with E-state index in [0.717, 1.165) is 5.82 Å². The normalized spacial score (nSPS) is 10.5. The van der Waals surface area contributed by atoms with Gasteiger partial charge in [0.25, 0.3) is 0 Å². The Morgan fingerprint density at radius 2 is 2.27 bits per heavy atom. The fourth-order valence-corrected chi connectivity index (χ4v) is 0.994. The maximum atomic E-state index is 5.52. The number of anilines is 2. The highest BCUT2D eigenvalue weighted by Gasteiger charge is 2.05. The van der Waals surface area contributed by atoms with Crippen LogP contribution in [0.25, 0.3) is 0 Å². The Balaban J connectivity index is 3.02. The number of rotatable bonds is 2. The summed E-state index contributed by atoms with van der Waals surface area (Å²) in [5, 5.41) is 7.13. The smallest absolute Gasteiger partial charge is 0.147 e. The molecule has 0 atom stereocenters. The van der Waals surface area contributed by atoms with Gasteiger partial charge in [0.15, 0.2) is 0 Å². The molecule has 4 heteroatoms. The molecule has 0 aliphatic heterocycles. The van der Waals surface area contributed by atoms with E-state index in [9.17, 15) is 0 Å². The lowest BCUT2D eigenvalue weighted by atomic mass is 10.4. The van der Waals surface area contributed by atoms with Crippen LogP contribution in [0.1, 0.15) is 19.9 Å². The van der Waals surface area contributed by atoms with E-state index in [-0.39, 0.29) is 0 Å². The van der Waals surface area contributed by atoms with E-state index in [1.165, 1.54) is 0 Å². The van der Waals surface area contributed by atoms with Crippen LogP contribution in [0, 0.1) is 0 Å². The van der Waals surface area contributed by atoms with Crippen molar-refractivity contribution in [3.63, 3.8) is 0 Å². The summed E-state index contributed by atoms with van der Waals surface area (Å²) in [7, 11) is 1.86. The van der Waals surface area contributed by atoms with Crippen molar-refractivity contribution in [2.45, 2.75) is 19.9 Å². The van der Waals surface area contributed by atoms with Crippen LogP contribution >= 0.6 is 0 Å². The molecular formula is C7H14N4. The van der Waals surface area contributed by atoms with Crippen molar-refractivity contribution >= 4 is 11.6 Å². The van der Waals surface area contributed by atoms with Crippen molar-refractivity contribution in [3.8, 4) is 0 Å². The zero-order valence-electron chi connectivity index (χ0n) is 7.13. The second-order valence-electron chi connectivity index (χ2n) is 2.74. The third kappa shape index (κ3) is 1.45. The molecule has 0 bridgehead atoms. The summed E-state index contributed by atoms with van der Waals surface area (Å²) in [6.07, 6.45) is 0. The first-order chi connectivity index (χ1) is 5.15. The first kappa shape index (κ1) is 7.91. The Morgan fingerprint density at radius 3 is 2.64 bits per heavy atom. The van der Waals surface area contributed by atoms with Gasteiger partial charge in [-0.15, -0.1) is 0 Å². The molecule has 11 heavy (non-hydrogen) atoms. The van der Waals surface area contributed by atoms with Gasteiger partial charge >= 0.3 is 0 Å². The van der Waals surface area contributed by atoms with Gasteiger partial charge < -0.3 is 11.1 Å². The summed E-state index contributed by atoms with van der Waals surface area (Å²) in [6, 6.07) is 2.16. The monoisotopic (exact) mass is 154 g/mol. The summed E-state index contributed by atoms with van der Waals surface area (Å²) < 4.78 is 1.86. The quantitative estimate of drug-likeness (QED) is 0.670. The molecule has 0 unspecified atom stereocenters. The van der Waals surface area contributed by atoms with Crippen LogP contribution in [-0.4, -0.2) is 16.8 Å². The zero-order valence-corrected chi connectivity index (χ0v) is 7.13. The number of nitrogens with one attached hydrogen (secondary N) is 1. The molecule has 1 aromatic heterocycles. The molecule has 1 aromatic rings. The summed E-state index contributed by atoms with van der Waals surface area (Å²) in [4.78, 5) is 0. The van der Waals surface area contributed by atoms with E-state index >= 15 is 0 Å². The minimum absolute atomic E-state index is 0.342. The predicted octanol–water partition coefficient (Wildman–Crippen LogP) is 1.09. The highest BCUT2D eigenvalue weighted by Crippen LogP contribution is 2.16. The van der Waals surface area contributed by atoms with E-state index in [1.807, 2.05) is 17.8 Å². The highest BCUT2D eigenvalue weighted by atomic mass is 15.4. The molecule has 0 aliphatic carbocycles. The van der Waals surface area contributed by atoms with Crippen LogP contribution in [-0.2, 0) is 0 Å². The third-order valence-corrected chi connectivity index (χ3v) is 1.50. The van der Waals surface area contributed by atoms with Gasteiger partial charge in [0.2, 0.25) is 0 Å². The average molecular weight is 154 g/mol. The highest BCUT2D eigenvalue weighted by molar-refractivity contribution is 5.45. The van der Waals surface area contributed by atoms with Crippen LogP contribution in [0.3, 0.4) is 0 Å². The Morgan fingerprint density at radius 1 is 1.64 bits per heavy atom. The SMILES string of the molecule is CNc1cc(N)nn1C(C)C. The lowest BCUT2D eigenvalue weighted by molar-refractivity contribution is 0.541. The Labute approximate surface area is 66.4 Å². The van der Waals surface area contributed by atoms with Crippen LogP contribution in [0.15, 0.2) is 6.07 Å². The summed E-state index contributed by atoms with van der Waals surface area (Å²) in [5.74, 6) is 1.51. The maximum absolute atomic E-state index is 5.52. The molecule has 0 fully saturated rings. The van der Waals surface area contributed by atoms with Crippen LogP contribution in [0.4, 0.5) is 11.6 Å². The molecular weight excluding hydrogens is 140 g/mol. The van der Waals surface area contributed by atoms with Crippen molar-refractivity contribution in [1.29, 1.82) is 0 Å². The molecule has 0 saturated heterocycles. The Hall–Kier alpha value is -1.19. The van der Waals surface area contributed by atoms with Gasteiger partial charge in [-0.25, -0.2) is 4.68 Å². The summed E-state index contributed by atoms with van der Waals surface area (Å²) in [5.41, 5.74) is 5.52. The van der Waals surface area contributed by atoms with Crippen molar-refractivity contribution in [3.05, 3.63) is 6.07 Å². The number of hydrogen-bond acceptors (Lipinski definition) is 3. The minimum atomic E-state index is 0.342. The largest absolute Gasteiger partial charge is 0.382 e. The third-order valence-electron chi connectivity index (χ3n) is 1.50. The zero-order chi connectivity index (χ0) is 8.43. The van der Waals surface area contributed by atoms with Crippen LogP contribution in [0.5, 0.6) is 0 Å². The summed E-state index contributed by atoms with van der Waals surface area (Å²) >= 11 is 0. The molecule has 0 aromatic carbocycles. The molecule has 0 amide bonds. The fraction of sp³-hybridized carbons (Fsp3) is 0.571. The van der Waals surface area contributed by atoms with Gasteiger partial charge in [0.05, 0.1) is 0 Å².